The molecule has 0 saturated carbocycles. The maximum atomic E-state index is 13.0. The average Bonchev–Trinajstić information content (AvgIpc) is 3.70. The lowest BCUT2D eigenvalue weighted by Gasteiger charge is -2.21. The van der Waals surface area contributed by atoms with Gasteiger partial charge in [-0.3, -0.25) is 37.3 Å². The fourth-order valence-corrected chi connectivity index (χ4v) is 12.2. The van der Waals surface area contributed by atoms with Crippen molar-refractivity contribution >= 4 is 39.5 Å². The van der Waals surface area contributed by atoms with Crippen LogP contribution < -0.4 is 0 Å². The molecule has 89 heavy (non-hydrogen) atoms. The highest BCUT2D eigenvalue weighted by Gasteiger charge is 2.30. The summed E-state index contributed by atoms with van der Waals surface area (Å²) in [6.07, 6.45) is 47.3. The molecule has 0 spiro atoms. The number of phosphoric ester groups is 2. The van der Waals surface area contributed by atoms with Crippen LogP contribution in [0.3, 0.4) is 0 Å². The van der Waals surface area contributed by atoms with E-state index in [-0.39, 0.29) is 25.7 Å². The molecule has 5 atom stereocenters. The van der Waals surface area contributed by atoms with E-state index in [1.165, 1.54) is 161 Å². The summed E-state index contributed by atoms with van der Waals surface area (Å²) in [6.45, 7) is 9.53. The van der Waals surface area contributed by atoms with Gasteiger partial charge in [-0.2, -0.15) is 0 Å². The molecular formula is C70H136O17P2. The monoisotopic (exact) mass is 1310 g/mol. The molecule has 0 aliphatic rings. The van der Waals surface area contributed by atoms with E-state index >= 15 is 0 Å². The third-order valence-corrected chi connectivity index (χ3v) is 18.1. The molecule has 0 amide bonds. The first kappa shape index (κ1) is 87.1. The normalized spacial score (nSPS) is 14.1. The highest BCUT2D eigenvalue weighted by Crippen LogP contribution is 2.45. The summed E-state index contributed by atoms with van der Waals surface area (Å²) in [7, 11) is -9.89. The van der Waals surface area contributed by atoms with Crippen LogP contribution in [-0.4, -0.2) is 96.7 Å². The maximum absolute atomic E-state index is 13.0. The lowest BCUT2D eigenvalue weighted by atomic mass is 10.0. The smallest absolute Gasteiger partial charge is 0.462 e. The molecular weight excluding hydrogens is 1170 g/mol. The molecule has 3 N–H and O–H groups in total. The molecule has 0 heterocycles. The molecule has 0 aliphatic carbocycles. The summed E-state index contributed by atoms with van der Waals surface area (Å²) >= 11 is 0. The van der Waals surface area contributed by atoms with E-state index in [1.54, 1.807) is 0 Å². The number of unbranched alkanes of at least 4 members (excludes halogenated alkanes) is 39. The second-order valence-corrected chi connectivity index (χ2v) is 29.1. The number of hydrogen-bond acceptors (Lipinski definition) is 15. The molecule has 19 heteroatoms. The summed E-state index contributed by atoms with van der Waals surface area (Å²) in [5.74, 6) is -0.545. The average molecular weight is 1310 g/mol. The van der Waals surface area contributed by atoms with Crippen molar-refractivity contribution in [3.8, 4) is 0 Å². The Bertz CT molecular complexity index is 1730. The standard InChI is InChI=1S/C70H136O17P2/c1-7-9-11-13-15-27-36-42-48-54-69(74)86-65(58-80-67(72)52-46-40-32-14-12-10-8-2)60-84-88(76,77)82-56-64(71)57-83-89(78,79)85-61-66(59-81-68(73)53-47-41-35-30-25-22-21-24-29-34-39-45-51-63(5)6)87-70(75)55-49-43-37-31-26-20-18-16-17-19-23-28-33-38-44-50-62(3)4/h62-66,71H,7-61H2,1-6H3,(H,76,77)(H,78,79)/t64-,65+,66+/m0/s1. The van der Waals surface area contributed by atoms with Gasteiger partial charge in [0.2, 0.25) is 0 Å². The van der Waals surface area contributed by atoms with Crippen LogP contribution >= 0.6 is 15.6 Å². The van der Waals surface area contributed by atoms with Gasteiger partial charge in [-0.1, -0.05) is 305 Å². The minimum Gasteiger partial charge on any atom is -0.462 e. The molecule has 528 valence electrons. The van der Waals surface area contributed by atoms with E-state index in [0.717, 1.165) is 115 Å². The second kappa shape index (κ2) is 62.2. The van der Waals surface area contributed by atoms with E-state index < -0.39 is 97.5 Å². The van der Waals surface area contributed by atoms with Crippen LogP contribution in [0.4, 0.5) is 0 Å². The minimum atomic E-state index is -4.95. The molecule has 0 aromatic heterocycles. The molecule has 0 aliphatic heterocycles. The lowest BCUT2D eigenvalue weighted by molar-refractivity contribution is -0.161. The predicted octanol–water partition coefficient (Wildman–Crippen LogP) is 20.0. The molecule has 2 unspecified atom stereocenters. The molecule has 17 nitrogen and oxygen atoms in total. The van der Waals surface area contributed by atoms with Gasteiger partial charge in [0.1, 0.15) is 19.3 Å². The van der Waals surface area contributed by atoms with Gasteiger partial charge < -0.3 is 33.8 Å². The lowest BCUT2D eigenvalue weighted by Crippen LogP contribution is -2.30. The zero-order valence-corrected chi connectivity index (χ0v) is 59.5. The Hall–Kier alpha value is -1.94. The second-order valence-electron chi connectivity index (χ2n) is 26.2. The molecule has 0 radical (unpaired) electrons. The Balaban J connectivity index is 5.18. The Kier molecular flexibility index (Phi) is 60.8. The molecule has 0 bridgehead atoms. The fourth-order valence-electron chi connectivity index (χ4n) is 10.6. The Morgan fingerprint density at radius 1 is 0.303 bits per heavy atom. The van der Waals surface area contributed by atoms with Crippen molar-refractivity contribution in [1.82, 2.24) is 0 Å². The van der Waals surface area contributed by atoms with Crippen LogP contribution in [0.1, 0.15) is 356 Å². The van der Waals surface area contributed by atoms with Crippen molar-refractivity contribution < 1.29 is 80.2 Å². The topological polar surface area (TPSA) is 237 Å². The van der Waals surface area contributed by atoms with Crippen molar-refractivity contribution in [2.75, 3.05) is 39.6 Å². The van der Waals surface area contributed by atoms with Gasteiger partial charge in [0.15, 0.2) is 12.2 Å². The van der Waals surface area contributed by atoms with E-state index in [2.05, 4.69) is 41.5 Å². The third kappa shape index (κ3) is 64.6. The first-order valence-electron chi connectivity index (χ1n) is 36.5. The van der Waals surface area contributed by atoms with Crippen molar-refractivity contribution in [2.45, 2.75) is 374 Å². The number of carbonyl (C=O) groups is 4. The first-order valence-corrected chi connectivity index (χ1v) is 39.5. The van der Waals surface area contributed by atoms with Crippen LogP contribution in [0.15, 0.2) is 0 Å². The maximum Gasteiger partial charge on any atom is 0.472 e. The van der Waals surface area contributed by atoms with Crippen LogP contribution in [0.5, 0.6) is 0 Å². The van der Waals surface area contributed by atoms with E-state index in [0.29, 0.717) is 25.7 Å². The quantitative estimate of drug-likeness (QED) is 0.0222. The fraction of sp³-hybridized carbons (Fsp3) is 0.943. The third-order valence-electron chi connectivity index (χ3n) is 16.2. The molecule has 0 saturated heterocycles. The number of esters is 4. The number of ether oxygens (including phenoxy) is 4. The first-order chi connectivity index (χ1) is 42.9. The highest BCUT2D eigenvalue weighted by atomic mass is 31.2. The summed E-state index contributed by atoms with van der Waals surface area (Å²) < 4.78 is 68.1. The minimum absolute atomic E-state index is 0.105. The van der Waals surface area contributed by atoms with E-state index in [4.69, 9.17) is 37.0 Å². The SMILES string of the molecule is CCCCCCCCCCCC(=O)O[C@H](COC(=O)CCCCCCCCC)COP(=O)(O)OC[C@H](O)COP(=O)(O)OC[C@@H](COC(=O)CCCCCCCCCCCCCCC(C)C)OC(=O)CCCCCCCCCCCCCCCCCC(C)C. The van der Waals surface area contributed by atoms with Gasteiger partial charge in [0, 0.05) is 25.7 Å². The van der Waals surface area contributed by atoms with Gasteiger partial charge in [-0.25, -0.2) is 9.13 Å². The van der Waals surface area contributed by atoms with Crippen LogP contribution in [0, 0.1) is 11.8 Å². The number of hydrogen-bond donors (Lipinski definition) is 3. The van der Waals surface area contributed by atoms with Crippen molar-refractivity contribution in [3.05, 3.63) is 0 Å². The number of phosphoric acid groups is 2. The summed E-state index contributed by atoms with van der Waals surface area (Å²) in [6, 6.07) is 0. The molecule has 0 fully saturated rings. The summed E-state index contributed by atoms with van der Waals surface area (Å²) in [5.41, 5.74) is 0. The number of carbonyl (C=O) groups excluding carboxylic acids is 4. The van der Waals surface area contributed by atoms with Crippen LogP contribution in [-0.2, 0) is 65.4 Å². The van der Waals surface area contributed by atoms with E-state index in [1.807, 2.05) is 0 Å². The zero-order chi connectivity index (χ0) is 65.7. The highest BCUT2D eigenvalue weighted by molar-refractivity contribution is 7.47. The van der Waals surface area contributed by atoms with Crippen molar-refractivity contribution in [2.24, 2.45) is 11.8 Å². The Morgan fingerprint density at radius 2 is 0.517 bits per heavy atom. The molecule has 0 aromatic rings. The van der Waals surface area contributed by atoms with Gasteiger partial charge in [0.25, 0.3) is 0 Å². The van der Waals surface area contributed by atoms with Crippen LogP contribution in [0.2, 0.25) is 0 Å². The molecule has 0 rings (SSSR count). The Labute approximate surface area is 543 Å². The largest absolute Gasteiger partial charge is 0.472 e. The predicted molar refractivity (Wildman–Crippen MR) is 358 cm³/mol. The van der Waals surface area contributed by atoms with Crippen LogP contribution in [0.25, 0.3) is 0 Å². The van der Waals surface area contributed by atoms with Gasteiger partial charge in [-0.05, 0) is 37.5 Å². The van der Waals surface area contributed by atoms with Gasteiger partial charge in [0.05, 0.1) is 26.4 Å². The number of rotatable bonds is 69. The molecule has 0 aromatic carbocycles. The Morgan fingerprint density at radius 3 is 0.764 bits per heavy atom. The van der Waals surface area contributed by atoms with Crippen molar-refractivity contribution in [1.29, 1.82) is 0 Å². The van der Waals surface area contributed by atoms with Crippen molar-refractivity contribution in [3.63, 3.8) is 0 Å². The summed E-state index contributed by atoms with van der Waals surface area (Å²) in [5, 5.41) is 10.6. The van der Waals surface area contributed by atoms with Gasteiger partial charge >= 0.3 is 39.5 Å². The zero-order valence-electron chi connectivity index (χ0n) is 57.7. The number of aliphatic hydroxyl groups excluding tert-OH is 1. The summed E-state index contributed by atoms with van der Waals surface area (Å²) in [4.78, 5) is 72.3. The van der Waals surface area contributed by atoms with E-state index in [9.17, 15) is 43.2 Å². The van der Waals surface area contributed by atoms with Gasteiger partial charge in [-0.15, -0.1) is 0 Å². The number of aliphatic hydroxyl groups is 1.